The molecule has 4 rings (SSSR count). The van der Waals surface area contributed by atoms with E-state index >= 15 is 0 Å². The summed E-state index contributed by atoms with van der Waals surface area (Å²) in [6, 6.07) is 10.2. The Hall–Kier alpha value is -2.24. The number of aliphatic hydroxyl groups is 1. The SMILES string of the molecule is Cc1cc(C)n2c(CNCC3(O)CCc4ccccc43)cnc2n1. The summed E-state index contributed by atoms with van der Waals surface area (Å²) in [6.45, 7) is 5.23. The highest BCUT2D eigenvalue weighted by atomic mass is 16.3. The van der Waals surface area contributed by atoms with Gasteiger partial charge in [0.25, 0.3) is 0 Å². The van der Waals surface area contributed by atoms with E-state index < -0.39 is 5.60 Å². The van der Waals surface area contributed by atoms with Gasteiger partial charge in [-0.1, -0.05) is 24.3 Å². The average Bonchev–Trinajstić information content (AvgIpc) is 3.10. The van der Waals surface area contributed by atoms with Crippen LogP contribution in [0.5, 0.6) is 0 Å². The zero-order valence-corrected chi connectivity index (χ0v) is 14.1. The molecule has 3 aromatic rings. The molecule has 0 aliphatic heterocycles. The topological polar surface area (TPSA) is 62.5 Å². The molecule has 0 saturated carbocycles. The number of benzene rings is 1. The molecule has 1 aliphatic rings. The maximum Gasteiger partial charge on any atom is 0.234 e. The van der Waals surface area contributed by atoms with Crippen molar-refractivity contribution in [3.05, 3.63) is 64.7 Å². The van der Waals surface area contributed by atoms with Gasteiger partial charge in [-0.25, -0.2) is 9.97 Å². The predicted molar refractivity (Wildman–Crippen MR) is 92.8 cm³/mol. The molecule has 124 valence electrons. The van der Waals surface area contributed by atoms with Crippen LogP contribution in [0.4, 0.5) is 0 Å². The van der Waals surface area contributed by atoms with Gasteiger partial charge in [-0.3, -0.25) is 4.40 Å². The Kier molecular flexibility index (Phi) is 3.62. The summed E-state index contributed by atoms with van der Waals surface area (Å²) in [6.07, 6.45) is 3.56. The Labute approximate surface area is 141 Å². The van der Waals surface area contributed by atoms with Gasteiger partial charge in [0.05, 0.1) is 11.9 Å². The smallest absolute Gasteiger partial charge is 0.234 e. The third-order valence-electron chi connectivity index (χ3n) is 4.91. The molecule has 24 heavy (non-hydrogen) atoms. The summed E-state index contributed by atoms with van der Waals surface area (Å²) in [4.78, 5) is 8.85. The number of rotatable bonds is 4. The number of imidazole rings is 1. The third kappa shape index (κ3) is 2.50. The van der Waals surface area contributed by atoms with Gasteiger partial charge in [-0.05, 0) is 43.9 Å². The highest BCUT2D eigenvalue weighted by Crippen LogP contribution is 2.36. The Morgan fingerprint density at radius 2 is 2.12 bits per heavy atom. The maximum absolute atomic E-state index is 11.0. The minimum Gasteiger partial charge on any atom is -0.384 e. The number of hydrogen-bond donors (Lipinski definition) is 2. The average molecular weight is 322 g/mol. The van der Waals surface area contributed by atoms with Gasteiger partial charge >= 0.3 is 0 Å². The molecule has 0 spiro atoms. The van der Waals surface area contributed by atoms with Crippen molar-refractivity contribution in [1.82, 2.24) is 19.7 Å². The third-order valence-corrected chi connectivity index (χ3v) is 4.91. The number of hydrogen-bond acceptors (Lipinski definition) is 4. The maximum atomic E-state index is 11.0. The lowest BCUT2D eigenvalue weighted by Gasteiger charge is -2.24. The second-order valence-corrected chi connectivity index (χ2v) is 6.72. The van der Waals surface area contributed by atoms with Gasteiger partial charge in [0.15, 0.2) is 0 Å². The second kappa shape index (κ2) is 5.69. The molecule has 0 radical (unpaired) electrons. The van der Waals surface area contributed by atoms with Crippen LogP contribution in [0.25, 0.3) is 5.78 Å². The molecule has 1 unspecified atom stereocenters. The van der Waals surface area contributed by atoms with Gasteiger partial charge in [-0.2, -0.15) is 0 Å². The predicted octanol–water partition coefficient (Wildman–Crippen LogP) is 2.27. The van der Waals surface area contributed by atoms with Crippen molar-refractivity contribution in [2.24, 2.45) is 0 Å². The van der Waals surface area contributed by atoms with Crippen LogP contribution in [-0.4, -0.2) is 26.0 Å². The van der Waals surface area contributed by atoms with Crippen LogP contribution < -0.4 is 5.32 Å². The van der Waals surface area contributed by atoms with E-state index in [2.05, 4.69) is 38.7 Å². The van der Waals surface area contributed by atoms with E-state index in [9.17, 15) is 5.11 Å². The van der Waals surface area contributed by atoms with Gasteiger partial charge < -0.3 is 10.4 Å². The highest BCUT2D eigenvalue weighted by Gasteiger charge is 2.35. The molecule has 2 aromatic heterocycles. The molecule has 1 aromatic carbocycles. The Morgan fingerprint density at radius 3 is 3.00 bits per heavy atom. The molecule has 0 bridgehead atoms. The van der Waals surface area contributed by atoms with Crippen molar-refractivity contribution >= 4 is 5.78 Å². The molecule has 1 atom stereocenters. The molecular weight excluding hydrogens is 300 g/mol. The normalized spacial score (nSPS) is 19.8. The fourth-order valence-corrected chi connectivity index (χ4v) is 3.77. The van der Waals surface area contributed by atoms with Crippen LogP contribution in [0.1, 0.15) is 34.6 Å². The first-order valence-corrected chi connectivity index (χ1v) is 8.39. The summed E-state index contributed by atoms with van der Waals surface area (Å²) < 4.78 is 2.06. The van der Waals surface area contributed by atoms with Crippen LogP contribution in [0.2, 0.25) is 0 Å². The molecule has 1 aliphatic carbocycles. The minimum absolute atomic E-state index is 0.537. The summed E-state index contributed by atoms with van der Waals surface area (Å²) in [5, 5.41) is 14.4. The Morgan fingerprint density at radius 1 is 1.29 bits per heavy atom. The monoisotopic (exact) mass is 322 g/mol. The highest BCUT2D eigenvalue weighted by molar-refractivity contribution is 5.38. The second-order valence-electron chi connectivity index (χ2n) is 6.72. The molecule has 0 saturated heterocycles. The van der Waals surface area contributed by atoms with E-state index in [0.717, 1.165) is 41.3 Å². The van der Waals surface area contributed by atoms with Gasteiger partial charge in [-0.15, -0.1) is 0 Å². The molecule has 2 heterocycles. The molecular formula is C19H22N4O. The van der Waals surface area contributed by atoms with Crippen molar-refractivity contribution in [2.75, 3.05) is 6.54 Å². The van der Waals surface area contributed by atoms with Crippen molar-refractivity contribution in [2.45, 2.75) is 38.8 Å². The van der Waals surface area contributed by atoms with Crippen molar-refractivity contribution in [3.8, 4) is 0 Å². The first kappa shape index (κ1) is 15.3. The van der Waals surface area contributed by atoms with Crippen LogP contribution >= 0.6 is 0 Å². The molecule has 0 amide bonds. The van der Waals surface area contributed by atoms with Crippen LogP contribution in [0.3, 0.4) is 0 Å². The van der Waals surface area contributed by atoms with E-state index in [0.29, 0.717) is 13.1 Å². The summed E-state index contributed by atoms with van der Waals surface area (Å²) in [7, 11) is 0. The van der Waals surface area contributed by atoms with E-state index in [-0.39, 0.29) is 0 Å². The zero-order chi connectivity index (χ0) is 16.7. The molecule has 2 N–H and O–H groups in total. The lowest BCUT2D eigenvalue weighted by atomic mass is 9.96. The first-order chi connectivity index (χ1) is 11.6. The zero-order valence-electron chi connectivity index (χ0n) is 14.1. The molecule has 0 fully saturated rings. The van der Waals surface area contributed by atoms with E-state index in [1.165, 1.54) is 5.56 Å². The minimum atomic E-state index is -0.777. The van der Waals surface area contributed by atoms with Crippen molar-refractivity contribution < 1.29 is 5.11 Å². The lowest BCUT2D eigenvalue weighted by molar-refractivity contribution is 0.0383. The first-order valence-electron chi connectivity index (χ1n) is 8.39. The Bertz CT molecular complexity index is 902. The van der Waals surface area contributed by atoms with E-state index in [1.807, 2.05) is 31.3 Å². The number of fused-ring (bicyclic) bond motifs is 2. The molecule has 5 nitrogen and oxygen atoms in total. The largest absolute Gasteiger partial charge is 0.384 e. The van der Waals surface area contributed by atoms with Crippen LogP contribution in [0.15, 0.2) is 36.5 Å². The molecule has 5 heteroatoms. The van der Waals surface area contributed by atoms with Gasteiger partial charge in [0, 0.05) is 24.5 Å². The fourth-order valence-electron chi connectivity index (χ4n) is 3.77. The summed E-state index contributed by atoms with van der Waals surface area (Å²) in [5.74, 6) is 0.731. The summed E-state index contributed by atoms with van der Waals surface area (Å²) in [5.41, 5.74) is 4.70. The fraction of sp³-hybridized carbons (Fsp3) is 0.368. The Balaban J connectivity index is 1.51. The van der Waals surface area contributed by atoms with E-state index in [1.54, 1.807) is 0 Å². The number of aryl methyl sites for hydroxylation is 3. The number of nitrogens with zero attached hydrogens (tertiary/aromatic N) is 3. The van der Waals surface area contributed by atoms with Gasteiger partial charge in [0.1, 0.15) is 5.60 Å². The van der Waals surface area contributed by atoms with Crippen molar-refractivity contribution in [3.63, 3.8) is 0 Å². The van der Waals surface area contributed by atoms with E-state index in [4.69, 9.17) is 0 Å². The van der Waals surface area contributed by atoms with Crippen LogP contribution in [-0.2, 0) is 18.6 Å². The summed E-state index contributed by atoms with van der Waals surface area (Å²) >= 11 is 0. The standard InChI is InChI=1S/C19H22N4O/c1-13-9-14(2)23-16(11-21-18(23)22-13)10-20-12-19(24)8-7-15-5-3-4-6-17(15)19/h3-6,9,11,20,24H,7-8,10,12H2,1-2H3. The number of nitrogens with one attached hydrogen (secondary N) is 1. The van der Waals surface area contributed by atoms with Crippen LogP contribution in [0, 0.1) is 13.8 Å². The quantitative estimate of drug-likeness (QED) is 0.773. The lowest BCUT2D eigenvalue weighted by Crippen LogP contribution is -2.36. The number of aromatic nitrogens is 3. The van der Waals surface area contributed by atoms with Gasteiger partial charge in [0.2, 0.25) is 5.78 Å². The van der Waals surface area contributed by atoms with Crippen molar-refractivity contribution in [1.29, 1.82) is 0 Å².